The Kier molecular flexibility index (Phi) is 4.21. The maximum absolute atomic E-state index is 13.6. The molecule has 5 heteroatoms. The van der Waals surface area contributed by atoms with Crippen LogP contribution in [0.3, 0.4) is 0 Å². The summed E-state index contributed by atoms with van der Waals surface area (Å²) in [4.78, 5) is 17.8. The number of hydrogen-bond acceptors (Lipinski definition) is 3. The predicted molar refractivity (Wildman–Crippen MR) is 91.4 cm³/mol. The van der Waals surface area contributed by atoms with Crippen molar-refractivity contribution in [3.8, 4) is 11.3 Å². The normalized spacial score (nSPS) is 10.6. The van der Waals surface area contributed by atoms with Crippen molar-refractivity contribution in [3.05, 3.63) is 69.8 Å². The first-order valence-electron chi connectivity index (χ1n) is 7.15. The second kappa shape index (κ2) is 6.30. The van der Waals surface area contributed by atoms with Gasteiger partial charge in [0, 0.05) is 16.1 Å². The van der Waals surface area contributed by atoms with Crippen molar-refractivity contribution in [1.29, 1.82) is 0 Å². The molecule has 0 unspecified atom stereocenters. The zero-order chi connectivity index (χ0) is 16.4. The molecule has 1 N–H and O–H groups in total. The fourth-order valence-corrected chi connectivity index (χ4v) is 3.19. The van der Waals surface area contributed by atoms with Gasteiger partial charge < -0.3 is 5.32 Å². The summed E-state index contributed by atoms with van der Waals surface area (Å²) in [7, 11) is 0. The Morgan fingerprint density at radius 3 is 2.39 bits per heavy atom. The van der Waals surface area contributed by atoms with E-state index in [1.165, 1.54) is 12.1 Å². The van der Waals surface area contributed by atoms with Crippen LogP contribution in [0, 0.1) is 19.7 Å². The van der Waals surface area contributed by atoms with E-state index < -0.39 is 11.7 Å². The highest BCUT2D eigenvalue weighted by molar-refractivity contribution is 7.11. The minimum absolute atomic E-state index is 0.0301. The Morgan fingerprint density at radius 2 is 1.78 bits per heavy atom. The zero-order valence-electron chi connectivity index (χ0n) is 12.8. The largest absolute Gasteiger partial charge is 0.322 e. The average Bonchev–Trinajstić information content (AvgIpc) is 2.87. The van der Waals surface area contributed by atoms with Crippen LogP contribution >= 0.6 is 11.3 Å². The molecular weight excluding hydrogens is 311 g/mol. The van der Waals surface area contributed by atoms with Gasteiger partial charge in [0.1, 0.15) is 5.82 Å². The number of benzene rings is 2. The molecule has 0 radical (unpaired) electrons. The molecule has 3 aromatic rings. The number of nitrogens with one attached hydrogen (secondary N) is 1. The molecule has 0 aliphatic rings. The number of thiazole rings is 1. The van der Waals surface area contributed by atoms with Gasteiger partial charge in [-0.05, 0) is 38.1 Å². The summed E-state index contributed by atoms with van der Waals surface area (Å²) in [6.07, 6.45) is 0. The monoisotopic (exact) mass is 326 g/mol. The summed E-state index contributed by atoms with van der Waals surface area (Å²) in [5.41, 5.74) is 2.60. The third-order valence-electron chi connectivity index (χ3n) is 3.44. The number of aromatic nitrogens is 1. The van der Waals surface area contributed by atoms with E-state index in [0.29, 0.717) is 5.69 Å². The van der Waals surface area contributed by atoms with Gasteiger partial charge in [0.05, 0.1) is 16.3 Å². The third-order valence-corrected chi connectivity index (χ3v) is 4.32. The van der Waals surface area contributed by atoms with Crippen LogP contribution in [0.2, 0.25) is 0 Å². The molecule has 0 aliphatic carbocycles. The van der Waals surface area contributed by atoms with Crippen molar-refractivity contribution in [3.63, 3.8) is 0 Å². The Hall–Kier alpha value is -2.53. The van der Waals surface area contributed by atoms with Crippen molar-refractivity contribution >= 4 is 22.9 Å². The molecule has 0 fully saturated rings. The maximum atomic E-state index is 13.6. The lowest BCUT2D eigenvalue weighted by atomic mass is 10.1. The molecule has 0 aliphatic heterocycles. The van der Waals surface area contributed by atoms with E-state index >= 15 is 0 Å². The smallest absolute Gasteiger partial charge is 0.258 e. The molecule has 3 rings (SSSR count). The SMILES string of the molecule is Cc1nc(-c2ccc(NC(=O)c3ccccc3F)cc2)c(C)s1. The lowest BCUT2D eigenvalue weighted by Crippen LogP contribution is -2.13. The molecular formula is C18H15FN2OS. The summed E-state index contributed by atoms with van der Waals surface area (Å²) >= 11 is 1.66. The topological polar surface area (TPSA) is 42.0 Å². The molecule has 1 heterocycles. The van der Waals surface area contributed by atoms with Crippen LogP contribution in [0.5, 0.6) is 0 Å². The van der Waals surface area contributed by atoms with Crippen molar-refractivity contribution in [2.24, 2.45) is 0 Å². The minimum Gasteiger partial charge on any atom is -0.322 e. The number of aryl methyl sites for hydroxylation is 2. The van der Waals surface area contributed by atoms with Crippen LogP contribution in [-0.2, 0) is 0 Å². The van der Waals surface area contributed by atoms with Crippen molar-refractivity contribution in [2.45, 2.75) is 13.8 Å². The first kappa shape index (κ1) is 15.4. The number of hydrogen-bond donors (Lipinski definition) is 1. The molecule has 116 valence electrons. The van der Waals surface area contributed by atoms with Crippen molar-refractivity contribution in [2.75, 3.05) is 5.32 Å². The van der Waals surface area contributed by atoms with E-state index in [0.717, 1.165) is 21.1 Å². The van der Waals surface area contributed by atoms with E-state index in [1.807, 2.05) is 26.0 Å². The second-order valence-electron chi connectivity index (χ2n) is 5.15. The van der Waals surface area contributed by atoms with Gasteiger partial charge in [0.15, 0.2) is 0 Å². The van der Waals surface area contributed by atoms with Crippen molar-refractivity contribution < 1.29 is 9.18 Å². The molecule has 0 atom stereocenters. The van der Waals surface area contributed by atoms with Crippen molar-refractivity contribution in [1.82, 2.24) is 4.98 Å². The van der Waals surface area contributed by atoms with Crippen LogP contribution in [0.15, 0.2) is 48.5 Å². The number of anilines is 1. The summed E-state index contributed by atoms with van der Waals surface area (Å²) in [6.45, 7) is 4.01. The van der Waals surface area contributed by atoms with Gasteiger partial charge in [0.25, 0.3) is 5.91 Å². The number of rotatable bonds is 3. The van der Waals surface area contributed by atoms with Gasteiger partial charge in [-0.3, -0.25) is 4.79 Å². The second-order valence-corrected chi connectivity index (χ2v) is 6.56. The van der Waals surface area contributed by atoms with E-state index in [4.69, 9.17) is 0 Å². The quantitative estimate of drug-likeness (QED) is 0.750. The number of halogens is 1. The highest BCUT2D eigenvalue weighted by Crippen LogP contribution is 2.28. The average molecular weight is 326 g/mol. The van der Waals surface area contributed by atoms with E-state index in [9.17, 15) is 9.18 Å². The molecule has 2 aromatic carbocycles. The van der Waals surface area contributed by atoms with Crippen LogP contribution in [0.1, 0.15) is 20.2 Å². The number of amides is 1. The van der Waals surface area contributed by atoms with Crippen LogP contribution in [0.4, 0.5) is 10.1 Å². The highest BCUT2D eigenvalue weighted by atomic mass is 32.1. The molecule has 0 saturated heterocycles. The molecule has 0 spiro atoms. The lowest BCUT2D eigenvalue weighted by Gasteiger charge is -2.07. The maximum Gasteiger partial charge on any atom is 0.258 e. The van der Waals surface area contributed by atoms with Gasteiger partial charge in [-0.15, -0.1) is 11.3 Å². The van der Waals surface area contributed by atoms with E-state index in [-0.39, 0.29) is 5.56 Å². The Balaban J connectivity index is 1.79. The zero-order valence-corrected chi connectivity index (χ0v) is 13.6. The molecule has 3 nitrogen and oxygen atoms in total. The van der Waals surface area contributed by atoms with E-state index in [1.54, 1.807) is 35.6 Å². The Morgan fingerprint density at radius 1 is 1.09 bits per heavy atom. The highest BCUT2D eigenvalue weighted by Gasteiger charge is 2.12. The number of carbonyl (C=O) groups excluding carboxylic acids is 1. The predicted octanol–water partition coefficient (Wildman–Crippen LogP) is 4.82. The first-order valence-corrected chi connectivity index (χ1v) is 7.96. The van der Waals surface area contributed by atoms with Crippen LogP contribution in [-0.4, -0.2) is 10.9 Å². The fourth-order valence-electron chi connectivity index (χ4n) is 2.35. The van der Waals surface area contributed by atoms with E-state index in [2.05, 4.69) is 10.3 Å². The van der Waals surface area contributed by atoms with Gasteiger partial charge in [0.2, 0.25) is 0 Å². The van der Waals surface area contributed by atoms with Crippen LogP contribution in [0.25, 0.3) is 11.3 Å². The molecule has 1 amide bonds. The van der Waals surface area contributed by atoms with Gasteiger partial charge >= 0.3 is 0 Å². The third kappa shape index (κ3) is 3.29. The summed E-state index contributed by atoms with van der Waals surface area (Å²) in [5.74, 6) is -0.994. The molecule has 23 heavy (non-hydrogen) atoms. The van der Waals surface area contributed by atoms with Crippen LogP contribution < -0.4 is 5.32 Å². The first-order chi connectivity index (χ1) is 11.0. The fraction of sp³-hybridized carbons (Fsp3) is 0.111. The van der Waals surface area contributed by atoms with Gasteiger partial charge in [-0.25, -0.2) is 9.37 Å². The Labute approximate surface area is 137 Å². The molecule has 1 aromatic heterocycles. The minimum atomic E-state index is -0.532. The standard InChI is InChI=1S/C18H15FN2OS/c1-11-17(20-12(2)23-11)13-7-9-14(10-8-13)21-18(22)15-5-3-4-6-16(15)19/h3-10H,1-2H3,(H,21,22). The van der Waals surface area contributed by atoms with Gasteiger partial charge in [-0.2, -0.15) is 0 Å². The summed E-state index contributed by atoms with van der Waals surface area (Å²) in [5, 5.41) is 3.72. The number of carbonyl (C=O) groups is 1. The number of nitrogens with zero attached hydrogens (tertiary/aromatic N) is 1. The lowest BCUT2D eigenvalue weighted by molar-refractivity contribution is 0.102. The van der Waals surface area contributed by atoms with Gasteiger partial charge in [-0.1, -0.05) is 24.3 Å². The summed E-state index contributed by atoms with van der Waals surface area (Å²) in [6, 6.07) is 13.3. The molecule has 0 bridgehead atoms. The Bertz CT molecular complexity index is 856. The summed E-state index contributed by atoms with van der Waals surface area (Å²) < 4.78 is 13.6. The molecule has 0 saturated carbocycles.